The van der Waals surface area contributed by atoms with E-state index in [1.807, 2.05) is 44.7 Å². The summed E-state index contributed by atoms with van der Waals surface area (Å²) in [6, 6.07) is 6.89. The maximum absolute atomic E-state index is 13.1. The Labute approximate surface area is 176 Å². The maximum atomic E-state index is 13.1. The molecule has 3 rings (SSSR count). The standard InChI is InChI=1S/C22H30N4O2S/c1-15(2)20(24-21(27)18-7-5-16(3)6-8-18)22(28)26-11-9-25(10-12-26)13-19-14-29-17(4)23-19/h5-8,14-15,20H,9-13H2,1-4H3,(H,24,27). The van der Waals surface area contributed by atoms with E-state index in [2.05, 4.69) is 20.6 Å². The van der Waals surface area contributed by atoms with Crippen LogP contribution in [0.2, 0.25) is 0 Å². The van der Waals surface area contributed by atoms with E-state index in [4.69, 9.17) is 0 Å². The summed E-state index contributed by atoms with van der Waals surface area (Å²) in [6.45, 7) is 11.7. The third-order valence-electron chi connectivity index (χ3n) is 5.27. The van der Waals surface area contributed by atoms with Gasteiger partial charge in [0, 0.05) is 43.7 Å². The molecule has 2 heterocycles. The minimum atomic E-state index is -0.517. The maximum Gasteiger partial charge on any atom is 0.251 e. The monoisotopic (exact) mass is 414 g/mol. The van der Waals surface area contributed by atoms with Crippen molar-refractivity contribution in [2.24, 2.45) is 5.92 Å². The number of benzene rings is 1. The molecule has 0 saturated carbocycles. The van der Waals surface area contributed by atoms with Crippen LogP contribution in [0.25, 0.3) is 0 Å². The highest BCUT2D eigenvalue weighted by atomic mass is 32.1. The molecule has 1 aliphatic heterocycles. The molecule has 0 bridgehead atoms. The summed E-state index contributed by atoms with van der Waals surface area (Å²) in [5.41, 5.74) is 2.78. The molecule has 1 aliphatic rings. The number of rotatable bonds is 6. The Morgan fingerprint density at radius 1 is 1.10 bits per heavy atom. The average molecular weight is 415 g/mol. The molecule has 1 aromatic heterocycles. The zero-order valence-corrected chi connectivity index (χ0v) is 18.5. The highest BCUT2D eigenvalue weighted by Gasteiger charge is 2.31. The van der Waals surface area contributed by atoms with Crippen LogP contribution in [0.4, 0.5) is 0 Å². The normalized spacial score (nSPS) is 16.1. The summed E-state index contributed by atoms with van der Waals surface area (Å²) in [6.07, 6.45) is 0. The fourth-order valence-electron chi connectivity index (χ4n) is 3.48. The van der Waals surface area contributed by atoms with Gasteiger partial charge in [0.05, 0.1) is 10.7 Å². The van der Waals surface area contributed by atoms with Gasteiger partial charge in [0.1, 0.15) is 6.04 Å². The van der Waals surface area contributed by atoms with Gasteiger partial charge < -0.3 is 10.2 Å². The number of hydrogen-bond acceptors (Lipinski definition) is 5. The summed E-state index contributed by atoms with van der Waals surface area (Å²) in [5.74, 6) is -0.174. The summed E-state index contributed by atoms with van der Waals surface area (Å²) >= 11 is 1.67. The number of nitrogens with one attached hydrogen (secondary N) is 1. The SMILES string of the molecule is Cc1ccc(C(=O)NC(C(=O)N2CCN(Cc3csc(C)n3)CC2)C(C)C)cc1. The van der Waals surface area contributed by atoms with E-state index >= 15 is 0 Å². The minimum Gasteiger partial charge on any atom is -0.340 e. The van der Waals surface area contributed by atoms with Crippen molar-refractivity contribution in [1.29, 1.82) is 0 Å². The van der Waals surface area contributed by atoms with E-state index in [1.54, 1.807) is 23.5 Å². The fourth-order valence-corrected chi connectivity index (χ4v) is 4.08. The fraction of sp³-hybridized carbons (Fsp3) is 0.500. The zero-order chi connectivity index (χ0) is 21.0. The Bertz CT molecular complexity index is 839. The van der Waals surface area contributed by atoms with E-state index < -0.39 is 6.04 Å². The quantitative estimate of drug-likeness (QED) is 0.789. The predicted octanol–water partition coefficient (Wildman–Crippen LogP) is 2.86. The molecule has 7 heteroatoms. The third kappa shape index (κ3) is 5.64. The highest BCUT2D eigenvalue weighted by Crippen LogP contribution is 2.14. The van der Waals surface area contributed by atoms with Gasteiger partial charge in [0.2, 0.25) is 5.91 Å². The number of nitrogens with zero attached hydrogens (tertiary/aromatic N) is 3. The first-order valence-corrected chi connectivity index (χ1v) is 11.0. The molecule has 0 aliphatic carbocycles. The van der Waals surface area contributed by atoms with Gasteiger partial charge in [-0.1, -0.05) is 31.5 Å². The van der Waals surface area contributed by atoms with Crippen LogP contribution in [0.3, 0.4) is 0 Å². The molecule has 0 radical (unpaired) electrons. The molecule has 1 atom stereocenters. The molecule has 6 nitrogen and oxygen atoms in total. The Balaban J connectivity index is 1.56. The van der Waals surface area contributed by atoms with Crippen LogP contribution < -0.4 is 5.32 Å². The number of carbonyl (C=O) groups is 2. The minimum absolute atomic E-state index is 0.00427. The van der Waals surface area contributed by atoms with Gasteiger partial charge >= 0.3 is 0 Å². The molecule has 29 heavy (non-hydrogen) atoms. The number of carbonyl (C=O) groups excluding carboxylic acids is 2. The molecule has 1 aromatic carbocycles. The van der Waals surface area contributed by atoms with Gasteiger partial charge in [-0.2, -0.15) is 0 Å². The third-order valence-corrected chi connectivity index (χ3v) is 6.09. The molecular weight excluding hydrogens is 384 g/mol. The Morgan fingerprint density at radius 3 is 2.31 bits per heavy atom. The molecule has 1 fully saturated rings. The lowest BCUT2D eigenvalue weighted by molar-refractivity contribution is -0.136. The Kier molecular flexibility index (Phi) is 7.03. The van der Waals surface area contributed by atoms with Crippen LogP contribution in [0.5, 0.6) is 0 Å². The van der Waals surface area contributed by atoms with Crippen molar-refractivity contribution in [3.05, 3.63) is 51.5 Å². The van der Waals surface area contributed by atoms with Gasteiger partial charge in [-0.25, -0.2) is 4.98 Å². The second kappa shape index (κ2) is 9.50. The Morgan fingerprint density at radius 2 is 1.76 bits per heavy atom. The van der Waals surface area contributed by atoms with Crippen LogP contribution in [0, 0.1) is 19.8 Å². The van der Waals surface area contributed by atoms with Crippen molar-refractivity contribution in [3.8, 4) is 0 Å². The number of piperazine rings is 1. The Hall–Kier alpha value is -2.25. The lowest BCUT2D eigenvalue weighted by Crippen LogP contribution is -2.56. The van der Waals surface area contributed by atoms with Crippen molar-refractivity contribution in [2.75, 3.05) is 26.2 Å². The van der Waals surface area contributed by atoms with Crippen molar-refractivity contribution >= 4 is 23.2 Å². The van der Waals surface area contributed by atoms with Crippen molar-refractivity contribution < 1.29 is 9.59 Å². The molecule has 2 amide bonds. The van der Waals surface area contributed by atoms with Gasteiger partial charge in [0.25, 0.3) is 5.91 Å². The summed E-state index contributed by atoms with van der Waals surface area (Å²) in [7, 11) is 0. The van der Waals surface area contributed by atoms with Crippen molar-refractivity contribution in [1.82, 2.24) is 20.1 Å². The molecular formula is C22H30N4O2S. The van der Waals surface area contributed by atoms with E-state index in [1.165, 1.54) is 0 Å². The summed E-state index contributed by atoms with van der Waals surface area (Å²) < 4.78 is 0. The number of aromatic nitrogens is 1. The second-order valence-electron chi connectivity index (χ2n) is 8.02. The lowest BCUT2D eigenvalue weighted by atomic mass is 10.0. The second-order valence-corrected chi connectivity index (χ2v) is 9.08. The largest absolute Gasteiger partial charge is 0.340 e. The predicted molar refractivity (Wildman–Crippen MR) is 116 cm³/mol. The number of hydrogen-bond donors (Lipinski definition) is 1. The van der Waals surface area contributed by atoms with Gasteiger partial charge in [0.15, 0.2) is 0 Å². The average Bonchev–Trinajstić information content (AvgIpc) is 3.11. The van der Waals surface area contributed by atoms with E-state index in [9.17, 15) is 9.59 Å². The van der Waals surface area contributed by atoms with E-state index in [0.29, 0.717) is 18.7 Å². The summed E-state index contributed by atoms with van der Waals surface area (Å²) in [4.78, 5) is 34.5. The first-order valence-electron chi connectivity index (χ1n) is 10.1. The van der Waals surface area contributed by atoms with Gasteiger partial charge in [-0.05, 0) is 31.9 Å². The smallest absolute Gasteiger partial charge is 0.251 e. The molecule has 1 N–H and O–H groups in total. The number of thiazole rings is 1. The van der Waals surface area contributed by atoms with Gasteiger partial charge in [-0.15, -0.1) is 11.3 Å². The first kappa shape index (κ1) is 21.5. The topological polar surface area (TPSA) is 65.5 Å². The first-order chi connectivity index (χ1) is 13.8. The highest BCUT2D eigenvalue weighted by molar-refractivity contribution is 7.09. The molecule has 2 aromatic rings. The number of aryl methyl sites for hydroxylation is 2. The van der Waals surface area contributed by atoms with Crippen LogP contribution in [0.1, 0.15) is 40.5 Å². The molecule has 0 spiro atoms. The van der Waals surface area contributed by atoms with E-state index in [0.717, 1.165) is 35.9 Å². The number of amides is 2. The summed E-state index contributed by atoms with van der Waals surface area (Å²) in [5, 5.41) is 6.13. The van der Waals surface area contributed by atoms with Crippen LogP contribution in [0.15, 0.2) is 29.6 Å². The molecule has 1 unspecified atom stereocenters. The van der Waals surface area contributed by atoms with Gasteiger partial charge in [-0.3, -0.25) is 14.5 Å². The van der Waals surface area contributed by atoms with Crippen LogP contribution in [-0.4, -0.2) is 58.8 Å². The lowest BCUT2D eigenvalue weighted by Gasteiger charge is -2.37. The molecule has 156 valence electrons. The van der Waals surface area contributed by atoms with Crippen molar-refractivity contribution in [3.63, 3.8) is 0 Å². The molecule has 1 saturated heterocycles. The van der Waals surface area contributed by atoms with Crippen LogP contribution >= 0.6 is 11.3 Å². The zero-order valence-electron chi connectivity index (χ0n) is 17.6. The van der Waals surface area contributed by atoms with Crippen LogP contribution in [-0.2, 0) is 11.3 Å². The van der Waals surface area contributed by atoms with Crippen molar-refractivity contribution in [2.45, 2.75) is 40.3 Å². The van der Waals surface area contributed by atoms with E-state index in [-0.39, 0.29) is 17.7 Å².